The van der Waals surface area contributed by atoms with Crippen LogP contribution in [0.25, 0.3) is 22.6 Å². The number of carbonyl (C=O) groups is 1. The summed E-state index contributed by atoms with van der Waals surface area (Å²) in [6.45, 7) is -2.89. The van der Waals surface area contributed by atoms with Crippen molar-refractivity contribution in [2.75, 3.05) is 11.1 Å². The van der Waals surface area contributed by atoms with Gasteiger partial charge in [0.25, 0.3) is 0 Å². The highest BCUT2D eigenvalue weighted by Crippen LogP contribution is 2.57. The van der Waals surface area contributed by atoms with Crippen molar-refractivity contribution in [3.63, 3.8) is 0 Å². The molecular weight excluding hydrogens is 555 g/mol. The number of alkyl halides is 5. The summed E-state index contributed by atoms with van der Waals surface area (Å²) in [6, 6.07) is 0. The Morgan fingerprint density at radius 1 is 1.15 bits per heavy atom. The Hall–Kier alpha value is -4.31. The molecule has 0 aromatic carbocycles. The van der Waals surface area contributed by atoms with Gasteiger partial charge in [-0.3, -0.25) is 9.48 Å². The lowest BCUT2D eigenvalue weighted by atomic mass is 9.77. The highest BCUT2D eigenvalue weighted by Gasteiger charge is 2.63. The summed E-state index contributed by atoms with van der Waals surface area (Å²) in [7, 11) is 0. The van der Waals surface area contributed by atoms with Crippen LogP contribution < -0.4 is 11.1 Å². The number of rotatable bonds is 7. The number of nitrogens with two attached hydrogens (primary N) is 1. The van der Waals surface area contributed by atoms with Gasteiger partial charge in [0, 0.05) is 29.8 Å². The molecule has 4 aromatic heterocycles. The number of carbonyl (C=O) groups excluding carboxylic acids is 1. The number of nitrogen functional groups attached to an aromatic ring is 1. The van der Waals surface area contributed by atoms with Crippen LogP contribution in [-0.2, 0) is 23.6 Å². The van der Waals surface area contributed by atoms with Crippen molar-refractivity contribution in [1.82, 2.24) is 39.9 Å². The average molecular weight is 580 g/mol. The maximum absolute atomic E-state index is 13.7. The molecule has 1 unspecified atom stereocenters. The van der Waals surface area contributed by atoms with Crippen LogP contribution in [0.3, 0.4) is 0 Å². The Balaban J connectivity index is 1.36. The molecule has 0 bridgehead atoms. The van der Waals surface area contributed by atoms with E-state index >= 15 is 0 Å². The van der Waals surface area contributed by atoms with Crippen LogP contribution in [0.1, 0.15) is 65.3 Å². The fourth-order valence-electron chi connectivity index (χ4n) is 5.20. The van der Waals surface area contributed by atoms with E-state index in [2.05, 4.69) is 40.5 Å². The number of nitrogens with zero attached hydrogens (tertiary/aromatic N) is 8. The zero-order valence-electron chi connectivity index (χ0n) is 23.8. The lowest BCUT2D eigenvalue weighted by molar-refractivity contribution is -0.284. The molecule has 1 amide bonds. The van der Waals surface area contributed by atoms with E-state index in [-0.39, 0.29) is 57.5 Å². The van der Waals surface area contributed by atoms with Crippen molar-refractivity contribution < 1.29 is 35.3 Å². The second-order valence-electron chi connectivity index (χ2n) is 10.4. The molecule has 17 heteroatoms. The maximum Gasteiger partial charge on any atom is 0.453 e. The fourth-order valence-corrected chi connectivity index (χ4v) is 5.20. The number of fused-ring (bicyclic) bond motifs is 2. The molecule has 214 valence electrons. The van der Waals surface area contributed by atoms with E-state index < -0.39 is 49.1 Å². The number of aryl methyl sites for hydroxylation is 2. The van der Waals surface area contributed by atoms with Gasteiger partial charge in [-0.15, -0.1) is 10.2 Å². The molecule has 0 saturated heterocycles. The Morgan fingerprint density at radius 2 is 1.93 bits per heavy atom. The van der Waals surface area contributed by atoms with Crippen LogP contribution in [0, 0.1) is 5.92 Å². The number of hydrogen-bond donors (Lipinski definition) is 2. The maximum atomic E-state index is 13.7. The minimum Gasteiger partial charge on any atom is -0.423 e. The first kappa shape index (κ1) is 22.4. The molecule has 2 saturated carbocycles. The molecule has 41 heavy (non-hydrogen) atoms. The van der Waals surface area contributed by atoms with Crippen molar-refractivity contribution >= 4 is 28.6 Å². The molecule has 1 aliphatic heterocycles. The van der Waals surface area contributed by atoms with Gasteiger partial charge < -0.3 is 15.5 Å². The average Bonchev–Trinajstić information content (AvgIpc) is 3.84. The largest absolute Gasteiger partial charge is 0.453 e. The van der Waals surface area contributed by atoms with Gasteiger partial charge in [-0.1, -0.05) is 0 Å². The molecule has 2 fully saturated rings. The van der Waals surface area contributed by atoms with Crippen molar-refractivity contribution in [1.29, 1.82) is 0 Å². The summed E-state index contributed by atoms with van der Waals surface area (Å²) in [5, 5.41) is 14.8. The molecule has 5 heterocycles. The highest BCUT2D eigenvalue weighted by molar-refractivity contribution is 6.09. The summed E-state index contributed by atoms with van der Waals surface area (Å²) >= 11 is 0. The highest BCUT2D eigenvalue weighted by atomic mass is 19.4. The second-order valence-corrected chi connectivity index (χ2v) is 10.4. The van der Waals surface area contributed by atoms with Gasteiger partial charge in [0.2, 0.25) is 17.7 Å². The summed E-state index contributed by atoms with van der Waals surface area (Å²) < 4.78 is 95.7. The van der Waals surface area contributed by atoms with Gasteiger partial charge in [0.15, 0.2) is 16.9 Å². The zero-order valence-corrected chi connectivity index (χ0v) is 20.8. The Labute approximate surface area is 231 Å². The van der Waals surface area contributed by atoms with Crippen LogP contribution in [0.5, 0.6) is 0 Å². The molecule has 0 spiro atoms. The van der Waals surface area contributed by atoms with E-state index in [1.54, 1.807) is 0 Å². The molecule has 0 radical (unpaired) electrons. The van der Waals surface area contributed by atoms with E-state index in [1.165, 1.54) is 0 Å². The molecule has 12 nitrogen and oxygen atoms in total. The number of amides is 1. The van der Waals surface area contributed by atoms with Gasteiger partial charge in [-0.2, -0.15) is 27.1 Å². The van der Waals surface area contributed by atoms with Crippen molar-refractivity contribution in [2.24, 2.45) is 12.9 Å². The predicted molar refractivity (Wildman–Crippen MR) is 129 cm³/mol. The normalized spacial score (nSPS) is 22.4. The van der Waals surface area contributed by atoms with Crippen LogP contribution in [0.4, 0.5) is 33.6 Å². The fraction of sp³-hybridized carbons (Fsp3) is 0.500. The number of aromatic nitrogens is 8. The third-order valence-electron chi connectivity index (χ3n) is 7.58. The standard InChI is InChI=1S/C24H21F5N10O2/c1-39-18-11(8-31-39)14(32-12(33-18)6-7-22(25,26)24(27,28)29)17-34-15(30)13-16(35-17)36-20(40)23(13,10-4-5-10)21-38-37-19(41-21)9-2-3-9/h8-10H,2-7H2,1H3,(H3,30,34,35,36,40)/i1D3. The molecule has 1 atom stereocenters. The minimum absolute atomic E-state index is 0.0179. The summed E-state index contributed by atoms with van der Waals surface area (Å²) in [5.41, 5.74) is 4.57. The molecule has 2 aliphatic carbocycles. The Morgan fingerprint density at radius 3 is 2.61 bits per heavy atom. The Kier molecular flexibility index (Phi) is 4.56. The smallest absolute Gasteiger partial charge is 0.423 e. The van der Waals surface area contributed by atoms with E-state index in [4.69, 9.17) is 14.3 Å². The minimum atomic E-state index is -5.82. The van der Waals surface area contributed by atoms with Crippen LogP contribution in [0.2, 0.25) is 0 Å². The topological polar surface area (TPSA) is 163 Å². The molecule has 4 aromatic rings. The SMILES string of the molecule is [2H]C([2H])([2H])n1ncc2c(-c3nc(N)c4c(n3)NC(=O)C4(c3nnc(C4CC4)o3)C3CC3)nc(CCC(F)(F)C(F)(F)F)nc21. The van der Waals surface area contributed by atoms with Crippen LogP contribution in [0.15, 0.2) is 10.6 Å². The van der Waals surface area contributed by atoms with Crippen molar-refractivity contribution in [3.8, 4) is 11.5 Å². The summed E-state index contributed by atoms with van der Waals surface area (Å²) in [4.78, 5) is 30.5. The van der Waals surface area contributed by atoms with E-state index in [9.17, 15) is 26.7 Å². The third-order valence-corrected chi connectivity index (χ3v) is 7.58. The van der Waals surface area contributed by atoms with Gasteiger partial charge in [0.05, 0.1) is 17.1 Å². The lowest BCUT2D eigenvalue weighted by Gasteiger charge is -2.23. The van der Waals surface area contributed by atoms with E-state index in [1.807, 2.05) is 0 Å². The summed E-state index contributed by atoms with van der Waals surface area (Å²) in [5.74, 6) is -6.25. The first-order chi connectivity index (χ1) is 20.6. The number of hydrogen-bond acceptors (Lipinski definition) is 10. The number of halogens is 5. The van der Waals surface area contributed by atoms with Gasteiger partial charge in [-0.25, -0.2) is 19.9 Å². The van der Waals surface area contributed by atoms with Gasteiger partial charge >= 0.3 is 12.1 Å². The third kappa shape index (κ3) is 3.84. The van der Waals surface area contributed by atoms with Gasteiger partial charge in [-0.05, 0) is 31.6 Å². The van der Waals surface area contributed by atoms with Crippen LogP contribution >= 0.6 is 0 Å². The quantitative estimate of drug-likeness (QED) is 0.310. The molecule has 7 rings (SSSR count). The molecule has 3 N–H and O–H groups in total. The predicted octanol–water partition coefficient (Wildman–Crippen LogP) is 3.44. The molecule has 3 aliphatic rings. The summed E-state index contributed by atoms with van der Waals surface area (Å²) in [6.07, 6.45) is -4.35. The number of nitrogens with one attached hydrogen (secondary N) is 1. The van der Waals surface area contributed by atoms with Crippen molar-refractivity contribution in [2.45, 2.75) is 62.0 Å². The monoisotopic (exact) mass is 579 g/mol. The Bertz CT molecular complexity index is 1830. The molecular formula is C24H21F5N10O2. The lowest BCUT2D eigenvalue weighted by Crippen LogP contribution is -2.39. The first-order valence-electron chi connectivity index (χ1n) is 14.1. The van der Waals surface area contributed by atoms with E-state index in [0.29, 0.717) is 23.4 Å². The first-order valence-corrected chi connectivity index (χ1v) is 12.6. The van der Waals surface area contributed by atoms with Gasteiger partial charge in [0.1, 0.15) is 23.2 Å². The number of anilines is 2. The second kappa shape index (κ2) is 8.36. The zero-order chi connectivity index (χ0) is 31.4. The van der Waals surface area contributed by atoms with Crippen molar-refractivity contribution in [3.05, 3.63) is 29.4 Å². The van der Waals surface area contributed by atoms with E-state index in [0.717, 1.165) is 19.0 Å². The van der Waals surface area contributed by atoms with Crippen LogP contribution in [-0.4, -0.2) is 57.9 Å².